The molecule has 72 heavy (non-hydrogen) atoms. The highest BCUT2D eigenvalue weighted by Gasteiger charge is 2.38. The number of oxime groups is 1. The fraction of sp³-hybridized carbons (Fsp3) is 0.591. The molecule has 1 aliphatic heterocycles. The van der Waals surface area contributed by atoms with E-state index in [9.17, 15) is 47.4 Å². The van der Waals surface area contributed by atoms with Gasteiger partial charge in [0.1, 0.15) is 47.0 Å². The number of nitrogens with zero attached hydrogens (tertiary/aromatic N) is 5. The molecular formula is C44H62F3N7O16S2. The molecule has 4 N–H and O–H groups in total. The standard InChI is InChI=1S/C43H61N7O13S.CHF3O3S/c1-40(2,3)59-35(54)32(63-47-33(34(52)53)31-25-64-36(45-31)46-38(56)61-42(7,8)9)24-58-30-15-13-27(14-16-30)28-21-49(20-26-18-48(19-26)39(57)62-43(10,11)12)50(22-28)23-29(51)17-44-37(55)60-41(4,5)6;2-1(3,4)8(5,6)7/h13-16,21-22,25-26,29,32,51H,17-20,23-24H2,1-12H3,(H2-,44,45,46,52,53,55,56);(H,5,6,7)/b47-33-;. The van der Waals surface area contributed by atoms with Gasteiger partial charge in [0.05, 0.1) is 23.8 Å². The molecule has 0 bridgehead atoms. The summed E-state index contributed by atoms with van der Waals surface area (Å²) in [5.74, 6) is -1.92. The number of esters is 1. The van der Waals surface area contributed by atoms with Crippen molar-refractivity contribution >= 4 is 62.5 Å². The fourth-order valence-corrected chi connectivity index (χ4v) is 6.44. The number of nitrogens with one attached hydrogen (secondary N) is 2. The summed E-state index contributed by atoms with van der Waals surface area (Å²) in [6.07, 6.45) is -0.496. The van der Waals surface area contributed by atoms with Gasteiger partial charge in [0.25, 0.3) is 6.10 Å². The van der Waals surface area contributed by atoms with Crippen LogP contribution in [0.15, 0.2) is 47.2 Å². The monoisotopic (exact) mass is 1070 g/mol. The number of carbonyl (C=O) groups excluding carboxylic acids is 4. The highest BCUT2D eigenvalue weighted by molar-refractivity contribution is 7.86. The summed E-state index contributed by atoms with van der Waals surface area (Å²) in [5.41, 5.74) is -7.86. The number of aliphatic hydroxyl groups is 1. The summed E-state index contributed by atoms with van der Waals surface area (Å²) in [4.78, 5) is 73.7. The number of aliphatic hydroxyl groups excluding tert-OH is 1. The van der Waals surface area contributed by atoms with Crippen LogP contribution in [0.25, 0.3) is 11.1 Å². The molecular weight excluding hydrogens is 1000 g/mol. The number of halogens is 3. The molecule has 1 aliphatic rings. The fourth-order valence-electron chi connectivity index (χ4n) is 5.76. The maximum atomic E-state index is 13.2. The third kappa shape index (κ3) is 21.2. The molecule has 0 spiro atoms. The molecule has 3 aromatic rings. The summed E-state index contributed by atoms with van der Waals surface area (Å²) < 4.78 is 90.1. The molecule has 0 aliphatic carbocycles. The van der Waals surface area contributed by atoms with Crippen LogP contribution in [0.2, 0.25) is 0 Å². The molecule has 2 aromatic heterocycles. The predicted molar refractivity (Wildman–Crippen MR) is 250 cm³/mol. The van der Waals surface area contributed by atoms with Crippen LogP contribution in [-0.2, 0) is 56.6 Å². The molecule has 2 unspecified atom stereocenters. The topological polar surface area (TPSA) is 300 Å². The van der Waals surface area contributed by atoms with E-state index in [-0.39, 0.29) is 35.9 Å². The lowest BCUT2D eigenvalue weighted by molar-refractivity contribution is -0.782. The highest BCUT2D eigenvalue weighted by atomic mass is 32.2. The van der Waals surface area contributed by atoms with Crippen molar-refractivity contribution in [3.05, 3.63) is 47.7 Å². The minimum atomic E-state index is -6.09. The second-order valence-electron chi connectivity index (χ2n) is 20.0. The number of ether oxygens (including phenoxy) is 5. The van der Waals surface area contributed by atoms with Crippen molar-refractivity contribution in [2.24, 2.45) is 11.1 Å². The van der Waals surface area contributed by atoms with Crippen LogP contribution in [0, 0.1) is 5.92 Å². The number of hydrogen-bond donors (Lipinski definition) is 4. The second kappa shape index (κ2) is 24.0. The number of alkyl carbamates (subject to hydrolysis) is 1. The number of anilines is 1. The van der Waals surface area contributed by atoms with Gasteiger partial charge in [0, 0.05) is 25.0 Å². The average Bonchev–Trinajstić information content (AvgIpc) is 3.79. The maximum absolute atomic E-state index is 13.2. The van der Waals surface area contributed by atoms with E-state index in [2.05, 4.69) is 20.8 Å². The van der Waals surface area contributed by atoms with Gasteiger partial charge in [-0.2, -0.15) is 17.9 Å². The number of aliphatic carboxylic acids is 1. The summed E-state index contributed by atoms with van der Waals surface area (Å²) >= 11 is 0.934. The summed E-state index contributed by atoms with van der Waals surface area (Å²) in [6.45, 7) is 21.9. The number of likely N-dealkylation sites (tertiary alicyclic amines) is 1. The van der Waals surface area contributed by atoms with Gasteiger partial charge in [0.2, 0.25) is 11.9 Å². The van der Waals surface area contributed by atoms with Crippen molar-refractivity contribution in [2.75, 3.05) is 31.6 Å². The molecule has 2 atom stereocenters. The Balaban J connectivity index is 0.00000157. The van der Waals surface area contributed by atoms with E-state index in [1.54, 1.807) is 91.5 Å². The molecule has 0 saturated carbocycles. The van der Waals surface area contributed by atoms with Gasteiger partial charge in [-0.05, 0) is 101 Å². The highest BCUT2D eigenvalue weighted by Crippen LogP contribution is 2.25. The number of carbonyl (C=O) groups is 5. The third-order valence-corrected chi connectivity index (χ3v) is 9.93. The Morgan fingerprint density at radius 3 is 1.93 bits per heavy atom. The van der Waals surface area contributed by atoms with E-state index >= 15 is 0 Å². The van der Waals surface area contributed by atoms with Gasteiger partial charge < -0.3 is 53.5 Å². The number of carboxylic acid groups (broad SMARTS) is 1. The maximum Gasteiger partial charge on any atom is 0.485 e. The van der Waals surface area contributed by atoms with E-state index in [0.717, 1.165) is 22.5 Å². The van der Waals surface area contributed by atoms with Crippen LogP contribution < -0.4 is 20.1 Å². The van der Waals surface area contributed by atoms with Crippen LogP contribution in [0.1, 0.15) is 88.8 Å². The lowest BCUT2D eigenvalue weighted by Gasteiger charge is -2.38. The van der Waals surface area contributed by atoms with Gasteiger partial charge in [-0.3, -0.25) is 5.32 Å². The molecule has 3 amide bonds. The molecule has 1 fully saturated rings. The number of amides is 3. The Kier molecular flexibility index (Phi) is 20.0. The van der Waals surface area contributed by atoms with Crippen LogP contribution in [0.3, 0.4) is 0 Å². The zero-order valence-corrected chi connectivity index (χ0v) is 43.4. The van der Waals surface area contributed by atoms with Crippen molar-refractivity contribution < 1.29 is 93.5 Å². The second-order valence-corrected chi connectivity index (χ2v) is 22.2. The van der Waals surface area contributed by atoms with Gasteiger partial charge in [-0.1, -0.05) is 17.3 Å². The Morgan fingerprint density at radius 2 is 1.42 bits per heavy atom. The van der Waals surface area contributed by atoms with E-state index in [1.165, 1.54) is 5.38 Å². The lowest BCUT2D eigenvalue weighted by Crippen LogP contribution is -2.58. The van der Waals surface area contributed by atoms with E-state index in [1.807, 2.05) is 42.5 Å². The number of hydrogen-bond acceptors (Lipinski definition) is 18. The molecule has 0 radical (unpaired) electrons. The van der Waals surface area contributed by atoms with Crippen LogP contribution in [-0.4, -0.2) is 140 Å². The van der Waals surface area contributed by atoms with Gasteiger partial charge in [-0.25, -0.2) is 37.4 Å². The molecule has 28 heteroatoms. The molecule has 1 aromatic carbocycles. The SMILES string of the molecule is CC(C)(C)OC(=O)NCC(O)Cn1cc(-c2ccc(OCC(O/N=C(\C(=O)O)c3csc(NC(=O)OC(C)(C)C)n3)C(=O)OC(C)(C)C)cc2)c[n+]1CC1CN(C(=O)OC(C)(C)C)C1.O=S(=O)([O-])C(F)(F)F. The first-order chi connectivity index (χ1) is 32.8. The van der Waals surface area contributed by atoms with E-state index < -0.39 is 86.7 Å². The van der Waals surface area contributed by atoms with Crippen molar-refractivity contribution in [3.8, 4) is 16.9 Å². The largest absolute Gasteiger partial charge is 0.741 e. The van der Waals surface area contributed by atoms with Gasteiger partial charge in [-0.15, -0.1) is 16.0 Å². The molecule has 1 saturated heterocycles. The van der Waals surface area contributed by atoms with Gasteiger partial charge >= 0.3 is 35.7 Å². The number of benzene rings is 1. The normalized spacial score (nSPS) is 14.6. The number of aromatic nitrogens is 3. The van der Waals surface area contributed by atoms with Crippen molar-refractivity contribution in [2.45, 2.75) is 136 Å². The van der Waals surface area contributed by atoms with Crippen molar-refractivity contribution in [1.82, 2.24) is 19.9 Å². The zero-order chi connectivity index (χ0) is 54.8. The lowest BCUT2D eigenvalue weighted by atomic mass is 10.0. The first kappa shape index (κ1) is 60.0. The number of rotatable bonds is 16. The first-order valence-electron chi connectivity index (χ1n) is 21.9. The van der Waals surface area contributed by atoms with Gasteiger partial charge in [0.15, 0.2) is 21.8 Å². The van der Waals surface area contributed by atoms with Crippen LogP contribution in [0.4, 0.5) is 32.7 Å². The zero-order valence-electron chi connectivity index (χ0n) is 41.8. The Labute approximate surface area is 418 Å². The molecule has 23 nitrogen and oxygen atoms in total. The Bertz CT molecular complexity index is 2480. The first-order valence-corrected chi connectivity index (χ1v) is 24.2. The Hall–Kier alpha value is -6.26. The van der Waals surface area contributed by atoms with Crippen LogP contribution >= 0.6 is 11.3 Å². The quantitative estimate of drug-likeness (QED) is 0.0256. The van der Waals surface area contributed by atoms with Crippen molar-refractivity contribution in [1.29, 1.82) is 0 Å². The van der Waals surface area contributed by atoms with E-state index in [0.29, 0.717) is 25.4 Å². The third-order valence-electron chi connectivity index (χ3n) is 8.61. The number of thiazole rings is 1. The molecule has 3 heterocycles. The van der Waals surface area contributed by atoms with E-state index in [4.69, 9.17) is 41.5 Å². The molecule has 402 valence electrons. The number of carboxylic acids is 1. The Morgan fingerprint density at radius 1 is 0.875 bits per heavy atom. The predicted octanol–water partition coefficient (Wildman–Crippen LogP) is 5.64. The minimum absolute atomic E-state index is 0.0511. The minimum Gasteiger partial charge on any atom is -0.741 e. The summed E-state index contributed by atoms with van der Waals surface area (Å²) in [6, 6.07) is 6.94. The number of alkyl halides is 3. The smallest absolute Gasteiger partial charge is 0.485 e. The summed E-state index contributed by atoms with van der Waals surface area (Å²) in [7, 11) is -6.09. The van der Waals surface area contributed by atoms with Crippen LogP contribution in [0.5, 0.6) is 5.75 Å². The average molecular weight is 1070 g/mol. The molecule has 4 rings (SSSR count). The summed E-state index contributed by atoms with van der Waals surface area (Å²) in [5, 5.41) is 31.1. The van der Waals surface area contributed by atoms with Crippen molar-refractivity contribution in [3.63, 3.8) is 0 Å².